The second kappa shape index (κ2) is 8.18. The van der Waals surface area contributed by atoms with Gasteiger partial charge >= 0.3 is 0 Å². The van der Waals surface area contributed by atoms with E-state index < -0.39 is 0 Å². The Bertz CT molecular complexity index is 684. The highest BCUT2D eigenvalue weighted by atomic mass is 16.5. The molecule has 1 aliphatic carbocycles. The number of nitrogens with two attached hydrogens (primary N) is 1. The summed E-state index contributed by atoms with van der Waals surface area (Å²) < 4.78 is 8.05. The fourth-order valence-electron chi connectivity index (χ4n) is 4.06. The van der Waals surface area contributed by atoms with Crippen LogP contribution in [0.4, 0.5) is 0 Å². The van der Waals surface area contributed by atoms with Crippen LogP contribution in [0.5, 0.6) is 5.75 Å². The summed E-state index contributed by atoms with van der Waals surface area (Å²) in [6, 6.07) is 9.12. The predicted octanol–water partition coefficient (Wildman–Crippen LogP) is 2.90. The van der Waals surface area contributed by atoms with Crippen LogP contribution in [0.15, 0.2) is 30.5 Å². The van der Waals surface area contributed by atoms with E-state index in [1.54, 1.807) is 0 Å². The van der Waals surface area contributed by atoms with E-state index >= 15 is 0 Å². The molecule has 0 atom stereocenters. The van der Waals surface area contributed by atoms with Crippen molar-refractivity contribution in [1.29, 1.82) is 0 Å². The van der Waals surface area contributed by atoms with Crippen LogP contribution in [0, 0.1) is 0 Å². The summed E-state index contributed by atoms with van der Waals surface area (Å²) >= 11 is 0. The topological polar surface area (TPSA) is 69.2 Å². The van der Waals surface area contributed by atoms with Gasteiger partial charge in [-0.1, -0.05) is 17.3 Å². The Morgan fingerprint density at radius 3 is 2.42 bits per heavy atom. The molecule has 26 heavy (non-hydrogen) atoms. The van der Waals surface area contributed by atoms with E-state index in [0.717, 1.165) is 43.9 Å². The third-order valence-electron chi connectivity index (χ3n) is 5.63. The molecule has 0 radical (unpaired) electrons. The lowest BCUT2D eigenvalue weighted by Gasteiger charge is -2.31. The van der Waals surface area contributed by atoms with Crippen molar-refractivity contribution in [1.82, 2.24) is 19.9 Å². The molecule has 2 aromatic rings. The van der Waals surface area contributed by atoms with Crippen LogP contribution in [0.3, 0.4) is 0 Å². The SMILES string of the molecule is NCc1cn(C2CCN(Cc3ccc(OC4CCCC4)cc3)CC2)nn1. The van der Waals surface area contributed by atoms with Crippen molar-refractivity contribution in [2.24, 2.45) is 5.73 Å². The minimum Gasteiger partial charge on any atom is -0.490 e. The Balaban J connectivity index is 1.26. The van der Waals surface area contributed by atoms with Crippen molar-refractivity contribution in [3.63, 3.8) is 0 Å². The molecule has 1 saturated heterocycles. The highest BCUT2D eigenvalue weighted by molar-refractivity contribution is 5.27. The van der Waals surface area contributed by atoms with Crippen LogP contribution in [0.25, 0.3) is 0 Å². The third-order valence-corrected chi connectivity index (χ3v) is 5.63. The maximum Gasteiger partial charge on any atom is 0.119 e. The van der Waals surface area contributed by atoms with Gasteiger partial charge in [-0.15, -0.1) is 5.10 Å². The predicted molar refractivity (Wildman–Crippen MR) is 101 cm³/mol. The number of aromatic nitrogens is 3. The molecule has 2 aliphatic rings. The van der Waals surface area contributed by atoms with Crippen LogP contribution in [-0.2, 0) is 13.1 Å². The molecule has 4 rings (SSSR count). The van der Waals surface area contributed by atoms with Crippen molar-refractivity contribution >= 4 is 0 Å². The fourth-order valence-corrected chi connectivity index (χ4v) is 4.06. The standard InChI is InChI=1S/C20H29N5O/c21-13-17-15-25(23-22-17)18-9-11-24(12-10-18)14-16-5-7-20(8-6-16)26-19-3-1-2-4-19/h5-8,15,18-19H,1-4,9-14,21H2. The minimum atomic E-state index is 0.427. The average Bonchev–Trinajstić information content (AvgIpc) is 3.36. The molecule has 140 valence electrons. The van der Waals surface area contributed by atoms with E-state index in [-0.39, 0.29) is 0 Å². The summed E-state index contributed by atoms with van der Waals surface area (Å²) in [5.41, 5.74) is 7.85. The number of hydrogen-bond acceptors (Lipinski definition) is 5. The van der Waals surface area contributed by atoms with Gasteiger partial charge in [0.25, 0.3) is 0 Å². The van der Waals surface area contributed by atoms with E-state index in [1.165, 1.54) is 31.2 Å². The molecule has 0 amide bonds. The van der Waals surface area contributed by atoms with E-state index in [0.29, 0.717) is 18.7 Å². The van der Waals surface area contributed by atoms with Gasteiger partial charge in [-0.2, -0.15) is 0 Å². The van der Waals surface area contributed by atoms with E-state index in [4.69, 9.17) is 10.5 Å². The van der Waals surface area contributed by atoms with Gasteiger partial charge in [0.1, 0.15) is 5.75 Å². The molecular formula is C20H29N5O. The molecule has 0 unspecified atom stereocenters. The van der Waals surface area contributed by atoms with E-state index in [2.05, 4.69) is 39.5 Å². The molecule has 1 aromatic carbocycles. The van der Waals surface area contributed by atoms with Crippen LogP contribution >= 0.6 is 0 Å². The number of benzene rings is 1. The summed E-state index contributed by atoms with van der Waals surface area (Å²) in [5.74, 6) is 1.02. The summed E-state index contributed by atoms with van der Waals surface area (Å²) in [7, 11) is 0. The smallest absolute Gasteiger partial charge is 0.119 e. The van der Waals surface area contributed by atoms with Gasteiger partial charge in [-0.25, -0.2) is 4.68 Å². The minimum absolute atomic E-state index is 0.427. The molecule has 0 bridgehead atoms. The summed E-state index contributed by atoms with van der Waals surface area (Å²) in [4.78, 5) is 2.52. The van der Waals surface area contributed by atoms with Crippen molar-refractivity contribution in [2.75, 3.05) is 13.1 Å². The zero-order valence-electron chi connectivity index (χ0n) is 15.4. The largest absolute Gasteiger partial charge is 0.490 e. The Kier molecular flexibility index (Phi) is 5.51. The Labute approximate surface area is 155 Å². The maximum absolute atomic E-state index is 6.06. The normalized spacial score (nSPS) is 19.9. The summed E-state index contributed by atoms with van der Waals surface area (Å²) in [6.45, 7) is 3.63. The molecule has 1 aliphatic heterocycles. The molecule has 6 nitrogen and oxygen atoms in total. The van der Waals surface area contributed by atoms with E-state index in [9.17, 15) is 0 Å². The van der Waals surface area contributed by atoms with Crippen molar-refractivity contribution in [3.05, 3.63) is 41.7 Å². The number of ether oxygens (including phenoxy) is 1. The van der Waals surface area contributed by atoms with Crippen LogP contribution < -0.4 is 10.5 Å². The highest BCUT2D eigenvalue weighted by Crippen LogP contribution is 2.26. The molecule has 2 heterocycles. The molecule has 2 fully saturated rings. The van der Waals surface area contributed by atoms with Crippen molar-refractivity contribution in [2.45, 2.75) is 63.8 Å². The van der Waals surface area contributed by atoms with Gasteiger partial charge in [0, 0.05) is 26.2 Å². The fraction of sp³-hybridized carbons (Fsp3) is 0.600. The molecule has 6 heteroatoms. The molecule has 2 N–H and O–H groups in total. The molecule has 1 saturated carbocycles. The lowest BCUT2D eigenvalue weighted by atomic mass is 10.0. The molecule has 1 aromatic heterocycles. The van der Waals surface area contributed by atoms with Crippen molar-refractivity contribution in [3.8, 4) is 5.75 Å². The number of hydrogen-bond donors (Lipinski definition) is 1. The first kappa shape index (κ1) is 17.5. The van der Waals surface area contributed by atoms with Gasteiger partial charge in [0.2, 0.25) is 0 Å². The number of rotatable bonds is 6. The van der Waals surface area contributed by atoms with Crippen LogP contribution in [-0.4, -0.2) is 39.1 Å². The Hall–Kier alpha value is -1.92. The van der Waals surface area contributed by atoms with Gasteiger partial charge in [-0.3, -0.25) is 4.90 Å². The van der Waals surface area contributed by atoms with Gasteiger partial charge in [0.05, 0.1) is 24.0 Å². The summed E-state index contributed by atoms with van der Waals surface area (Å²) in [5, 5.41) is 8.33. The lowest BCUT2D eigenvalue weighted by Crippen LogP contribution is -2.34. The van der Waals surface area contributed by atoms with Gasteiger partial charge < -0.3 is 10.5 Å². The van der Waals surface area contributed by atoms with Crippen molar-refractivity contribution < 1.29 is 4.74 Å². The summed E-state index contributed by atoms with van der Waals surface area (Å²) in [6.07, 6.45) is 9.65. The first-order valence-corrected chi connectivity index (χ1v) is 9.89. The molecule has 0 spiro atoms. The highest BCUT2D eigenvalue weighted by Gasteiger charge is 2.22. The second-order valence-electron chi connectivity index (χ2n) is 7.57. The zero-order chi connectivity index (χ0) is 17.8. The maximum atomic E-state index is 6.06. The van der Waals surface area contributed by atoms with Crippen LogP contribution in [0.1, 0.15) is 55.8 Å². The third kappa shape index (κ3) is 4.24. The second-order valence-corrected chi connectivity index (χ2v) is 7.57. The van der Waals surface area contributed by atoms with Crippen LogP contribution in [0.2, 0.25) is 0 Å². The van der Waals surface area contributed by atoms with E-state index in [1.807, 2.05) is 10.9 Å². The molecular weight excluding hydrogens is 326 g/mol. The first-order chi connectivity index (χ1) is 12.8. The number of likely N-dealkylation sites (tertiary alicyclic amines) is 1. The number of piperidine rings is 1. The lowest BCUT2D eigenvalue weighted by molar-refractivity contribution is 0.172. The monoisotopic (exact) mass is 355 g/mol. The average molecular weight is 355 g/mol. The zero-order valence-corrected chi connectivity index (χ0v) is 15.4. The number of nitrogens with zero attached hydrogens (tertiary/aromatic N) is 4. The first-order valence-electron chi connectivity index (χ1n) is 9.89. The van der Waals surface area contributed by atoms with Gasteiger partial charge in [0.15, 0.2) is 0 Å². The Morgan fingerprint density at radius 2 is 1.77 bits per heavy atom. The van der Waals surface area contributed by atoms with Gasteiger partial charge in [-0.05, 0) is 56.2 Å². The Morgan fingerprint density at radius 1 is 1.04 bits per heavy atom. The quantitative estimate of drug-likeness (QED) is 0.863.